The van der Waals surface area contributed by atoms with E-state index in [4.69, 9.17) is 23.2 Å². The minimum absolute atomic E-state index is 0.0112. The van der Waals surface area contributed by atoms with Crippen LogP contribution in [0.5, 0.6) is 0 Å². The Kier molecular flexibility index (Phi) is 5.01. The van der Waals surface area contributed by atoms with Crippen molar-refractivity contribution in [1.82, 2.24) is 14.9 Å². The van der Waals surface area contributed by atoms with Gasteiger partial charge in [-0.25, -0.2) is 4.98 Å². The van der Waals surface area contributed by atoms with E-state index >= 15 is 0 Å². The maximum atomic E-state index is 6.01. The van der Waals surface area contributed by atoms with Crippen LogP contribution < -0.4 is 5.32 Å². The lowest BCUT2D eigenvalue weighted by Gasteiger charge is -2.19. The first-order valence-electron chi connectivity index (χ1n) is 7.34. The van der Waals surface area contributed by atoms with Gasteiger partial charge in [0.2, 0.25) is 0 Å². The number of aryl methyl sites for hydroxylation is 1. The molecule has 0 aliphatic rings. The minimum atomic E-state index is -0.0112. The Morgan fingerprint density at radius 2 is 1.61 bits per heavy atom. The molecule has 0 radical (unpaired) electrons. The van der Waals surface area contributed by atoms with Gasteiger partial charge >= 0.3 is 0 Å². The second-order valence-electron chi connectivity index (χ2n) is 5.39. The third-order valence-corrected chi connectivity index (χ3v) is 4.25. The highest BCUT2D eigenvalue weighted by Crippen LogP contribution is 2.23. The van der Waals surface area contributed by atoms with Crippen LogP contribution in [0.1, 0.15) is 23.0 Å². The first-order chi connectivity index (χ1) is 11.1. The lowest BCUT2D eigenvalue weighted by molar-refractivity contribution is 0.558. The van der Waals surface area contributed by atoms with Gasteiger partial charge in [-0.3, -0.25) is 5.32 Å². The second-order valence-corrected chi connectivity index (χ2v) is 6.26. The molecule has 3 rings (SSSR count). The van der Waals surface area contributed by atoms with Crippen molar-refractivity contribution in [3.8, 4) is 0 Å². The molecule has 1 N–H and O–H groups in total. The summed E-state index contributed by atoms with van der Waals surface area (Å²) >= 11 is 11.9. The molecule has 3 nitrogen and oxygen atoms in total. The molecule has 2 aromatic carbocycles. The van der Waals surface area contributed by atoms with Crippen molar-refractivity contribution in [3.63, 3.8) is 0 Å². The standard InChI is InChI=1S/C18H17Cl2N3/c1-23-11-10-21-18(23)17(14-4-8-16(20)9-5-14)22-12-13-2-6-15(19)7-3-13/h2-11,17,22H,12H2,1H3. The van der Waals surface area contributed by atoms with Gasteiger partial charge in [-0.15, -0.1) is 0 Å². The molecule has 1 heterocycles. The van der Waals surface area contributed by atoms with E-state index in [1.165, 1.54) is 5.56 Å². The largest absolute Gasteiger partial charge is 0.336 e. The summed E-state index contributed by atoms with van der Waals surface area (Å²) in [5.74, 6) is 0.960. The molecule has 0 bridgehead atoms. The van der Waals surface area contributed by atoms with E-state index in [2.05, 4.69) is 10.3 Å². The number of imidazole rings is 1. The average molecular weight is 346 g/mol. The van der Waals surface area contributed by atoms with Crippen molar-refractivity contribution in [2.24, 2.45) is 7.05 Å². The SMILES string of the molecule is Cn1ccnc1C(NCc1ccc(Cl)cc1)c1ccc(Cl)cc1. The van der Waals surface area contributed by atoms with Gasteiger partial charge < -0.3 is 4.57 Å². The van der Waals surface area contributed by atoms with E-state index in [1.807, 2.05) is 72.5 Å². The van der Waals surface area contributed by atoms with Crippen LogP contribution in [-0.4, -0.2) is 9.55 Å². The highest BCUT2D eigenvalue weighted by atomic mass is 35.5. The number of nitrogens with one attached hydrogen (secondary N) is 1. The molecule has 1 atom stereocenters. The predicted octanol–water partition coefficient (Wildman–Crippen LogP) is 4.61. The molecule has 0 fully saturated rings. The summed E-state index contributed by atoms with van der Waals surface area (Å²) in [6.45, 7) is 0.720. The van der Waals surface area contributed by atoms with Gasteiger partial charge in [-0.1, -0.05) is 47.5 Å². The summed E-state index contributed by atoms with van der Waals surface area (Å²) in [7, 11) is 2.00. The van der Waals surface area contributed by atoms with Crippen LogP contribution in [-0.2, 0) is 13.6 Å². The number of aromatic nitrogens is 2. The first kappa shape index (κ1) is 16.1. The number of halogens is 2. The second kappa shape index (κ2) is 7.18. The number of nitrogens with zero attached hydrogens (tertiary/aromatic N) is 2. The molecule has 5 heteroatoms. The van der Waals surface area contributed by atoms with Gasteiger partial charge in [0.05, 0.1) is 6.04 Å². The maximum absolute atomic E-state index is 6.01. The van der Waals surface area contributed by atoms with Crippen LogP contribution in [0.15, 0.2) is 60.9 Å². The number of rotatable bonds is 5. The molecule has 0 saturated heterocycles. The topological polar surface area (TPSA) is 29.9 Å². The summed E-state index contributed by atoms with van der Waals surface area (Å²) in [6, 6.07) is 15.7. The summed E-state index contributed by atoms with van der Waals surface area (Å²) in [4.78, 5) is 4.49. The molecular weight excluding hydrogens is 329 g/mol. The van der Waals surface area contributed by atoms with Crippen LogP contribution in [0.25, 0.3) is 0 Å². The van der Waals surface area contributed by atoms with E-state index in [-0.39, 0.29) is 6.04 Å². The molecule has 1 unspecified atom stereocenters. The third-order valence-electron chi connectivity index (χ3n) is 3.74. The zero-order valence-electron chi connectivity index (χ0n) is 12.7. The Morgan fingerprint density at radius 3 is 2.17 bits per heavy atom. The van der Waals surface area contributed by atoms with Crippen molar-refractivity contribution >= 4 is 23.2 Å². The monoisotopic (exact) mass is 345 g/mol. The van der Waals surface area contributed by atoms with Crippen LogP contribution >= 0.6 is 23.2 Å². The molecule has 0 amide bonds. The summed E-state index contributed by atoms with van der Waals surface area (Å²) in [6.07, 6.45) is 3.75. The molecule has 0 spiro atoms. The Morgan fingerprint density at radius 1 is 1.00 bits per heavy atom. The van der Waals surface area contributed by atoms with Crippen LogP contribution in [0.2, 0.25) is 10.0 Å². The zero-order valence-corrected chi connectivity index (χ0v) is 14.2. The molecule has 0 saturated carbocycles. The molecule has 23 heavy (non-hydrogen) atoms. The Balaban J connectivity index is 1.85. The van der Waals surface area contributed by atoms with Gasteiger partial charge in [0.25, 0.3) is 0 Å². The van der Waals surface area contributed by atoms with E-state index in [1.54, 1.807) is 0 Å². The Bertz CT molecular complexity index is 764. The van der Waals surface area contributed by atoms with Crippen molar-refractivity contribution in [2.45, 2.75) is 12.6 Å². The molecule has 118 valence electrons. The van der Waals surface area contributed by atoms with Crippen LogP contribution in [0.3, 0.4) is 0 Å². The third kappa shape index (κ3) is 3.94. The molecule has 1 aromatic heterocycles. The first-order valence-corrected chi connectivity index (χ1v) is 8.09. The Labute approximate surface area is 145 Å². The molecular formula is C18H17Cl2N3. The highest BCUT2D eigenvalue weighted by molar-refractivity contribution is 6.30. The fraction of sp³-hybridized carbons (Fsp3) is 0.167. The number of benzene rings is 2. The van der Waals surface area contributed by atoms with Crippen molar-refractivity contribution in [3.05, 3.63) is 87.9 Å². The fourth-order valence-electron chi connectivity index (χ4n) is 2.49. The number of hydrogen-bond acceptors (Lipinski definition) is 2. The van der Waals surface area contributed by atoms with Crippen molar-refractivity contribution in [1.29, 1.82) is 0 Å². The minimum Gasteiger partial charge on any atom is -0.336 e. The molecule has 0 aliphatic carbocycles. The van der Waals surface area contributed by atoms with Crippen LogP contribution in [0, 0.1) is 0 Å². The maximum Gasteiger partial charge on any atom is 0.130 e. The predicted molar refractivity (Wildman–Crippen MR) is 94.8 cm³/mol. The fourth-order valence-corrected chi connectivity index (χ4v) is 2.74. The van der Waals surface area contributed by atoms with Crippen molar-refractivity contribution in [2.75, 3.05) is 0 Å². The van der Waals surface area contributed by atoms with E-state index < -0.39 is 0 Å². The average Bonchev–Trinajstić information content (AvgIpc) is 2.97. The normalized spacial score (nSPS) is 12.3. The summed E-state index contributed by atoms with van der Waals surface area (Å²) in [5.41, 5.74) is 2.29. The Hall–Kier alpha value is -1.81. The van der Waals surface area contributed by atoms with E-state index in [9.17, 15) is 0 Å². The van der Waals surface area contributed by atoms with Gasteiger partial charge in [0.1, 0.15) is 5.82 Å². The quantitative estimate of drug-likeness (QED) is 0.731. The zero-order chi connectivity index (χ0) is 16.2. The lowest BCUT2D eigenvalue weighted by atomic mass is 10.1. The van der Waals surface area contributed by atoms with Crippen molar-refractivity contribution < 1.29 is 0 Å². The van der Waals surface area contributed by atoms with E-state index in [0.29, 0.717) is 0 Å². The smallest absolute Gasteiger partial charge is 0.130 e. The summed E-state index contributed by atoms with van der Waals surface area (Å²) in [5, 5.41) is 5.03. The molecule has 0 aliphatic heterocycles. The molecule has 3 aromatic rings. The van der Waals surface area contributed by atoms with E-state index in [0.717, 1.165) is 28.0 Å². The number of hydrogen-bond donors (Lipinski definition) is 1. The van der Waals surface area contributed by atoms with Gasteiger partial charge in [-0.2, -0.15) is 0 Å². The van der Waals surface area contributed by atoms with Gasteiger partial charge in [0.15, 0.2) is 0 Å². The van der Waals surface area contributed by atoms with Crippen LogP contribution in [0.4, 0.5) is 0 Å². The summed E-state index contributed by atoms with van der Waals surface area (Å²) < 4.78 is 2.02. The lowest BCUT2D eigenvalue weighted by Crippen LogP contribution is -2.24. The van der Waals surface area contributed by atoms with Gasteiger partial charge in [0, 0.05) is 36.0 Å². The van der Waals surface area contributed by atoms with Gasteiger partial charge in [-0.05, 0) is 35.4 Å². The highest BCUT2D eigenvalue weighted by Gasteiger charge is 2.17.